The van der Waals surface area contributed by atoms with Crippen LogP contribution in [-0.2, 0) is 71.9 Å². The third-order valence-corrected chi connectivity index (χ3v) is 13.5. The Kier molecular flexibility index (Phi) is 33.6. The van der Waals surface area contributed by atoms with Crippen molar-refractivity contribution >= 4 is 88.8 Å². The van der Waals surface area contributed by atoms with Crippen LogP contribution < -0.4 is 10.6 Å². The zero-order valence-electron chi connectivity index (χ0n) is 51.8. The molecule has 0 saturated carbocycles. The summed E-state index contributed by atoms with van der Waals surface area (Å²) < 4.78 is 0. The second-order valence-electron chi connectivity index (χ2n) is 21.6. The number of carbonyl (C=O) groups excluding carboxylic acids is 12. The van der Waals surface area contributed by atoms with E-state index in [2.05, 4.69) is 10.6 Å². The molecule has 0 aromatic carbocycles. The maximum absolute atomic E-state index is 13.1. The minimum atomic E-state index is -1.10. The van der Waals surface area contributed by atoms with Gasteiger partial charge in [0.1, 0.15) is 0 Å². The molecule has 486 valence electrons. The van der Waals surface area contributed by atoms with Gasteiger partial charge in [-0.15, -0.1) is 0 Å². The first-order valence-corrected chi connectivity index (χ1v) is 27.5. The fourth-order valence-corrected chi connectivity index (χ4v) is 7.92. The Labute approximate surface area is 501 Å². The van der Waals surface area contributed by atoms with Crippen molar-refractivity contribution in [3.8, 4) is 0 Å². The zero-order chi connectivity index (χ0) is 65.7. The Hall–Kier alpha value is -8.11. The number of carbonyl (C=O) groups is 15. The highest BCUT2D eigenvalue weighted by Gasteiger charge is 2.28. The molecule has 0 radical (unpaired) electrons. The topological polar surface area (TPSA) is 386 Å². The average molecular weight is 1230 g/mol. The van der Waals surface area contributed by atoms with Crippen molar-refractivity contribution in [1.29, 1.82) is 0 Å². The molecule has 86 heavy (non-hydrogen) atoms. The molecule has 0 atom stereocenters. The van der Waals surface area contributed by atoms with Crippen molar-refractivity contribution in [1.82, 2.24) is 79.2 Å². The minimum absolute atomic E-state index is 0.117. The smallest absolute Gasteiger partial charge is 0.317 e. The number of aliphatic carboxylic acids is 3. The van der Waals surface area contributed by atoms with Crippen LogP contribution in [0.1, 0.15) is 20.3 Å². The van der Waals surface area contributed by atoms with Crippen LogP contribution in [0.3, 0.4) is 0 Å². The highest BCUT2D eigenvalue weighted by Crippen LogP contribution is 2.05. The zero-order valence-corrected chi connectivity index (χ0v) is 51.8. The van der Waals surface area contributed by atoms with Crippen molar-refractivity contribution < 1.29 is 87.2 Å². The van der Waals surface area contributed by atoms with E-state index in [1.54, 1.807) is 33.4 Å². The Morgan fingerprint density at radius 1 is 0.314 bits per heavy atom. The SMILES string of the molecule is CC(C)NC(=O)CN(C)C(=O)CN(C)C(=O)CN(C)C(=O)CN(C)C(=O)CN(C)C(=O)CN(C)C(=O)CN(C)C(=O)CN(C)C(=O)CN(C)C(=O)CN(C)C(=O)CCNC(=O)CN1CCN(CC(=O)O)CCN(CC(=O)O)CCN(CC(=O)O)CC1. The summed E-state index contributed by atoms with van der Waals surface area (Å²) in [6.45, 7) is -0.460. The lowest BCUT2D eigenvalue weighted by Crippen LogP contribution is -2.50. The quantitative estimate of drug-likeness (QED) is 0.0418. The van der Waals surface area contributed by atoms with Crippen LogP contribution in [0.15, 0.2) is 0 Å². The molecule has 0 aromatic rings. The van der Waals surface area contributed by atoms with Crippen molar-refractivity contribution in [3.05, 3.63) is 0 Å². The molecule has 1 aliphatic heterocycles. The van der Waals surface area contributed by atoms with Crippen molar-refractivity contribution in [3.63, 3.8) is 0 Å². The summed E-state index contributed by atoms with van der Waals surface area (Å²) >= 11 is 0. The molecule has 0 spiro atoms. The van der Waals surface area contributed by atoms with Crippen molar-refractivity contribution in [2.24, 2.45) is 0 Å². The average Bonchev–Trinajstić information content (AvgIpc) is 3.60. The molecule has 0 aromatic heterocycles. The number of hydrogen-bond donors (Lipinski definition) is 5. The summed E-state index contributed by atoms with van der Waals surface area (Å²) in [5.41, 5.74) is 0. The van der Waals surface area contributed by atoms with Crippen molar-refractivity contribution in [2.45, 2.75) is 26.3 Å². The lowest BCUT2D eigenvalue weighted by molar-refractivity contribution is -0.146. The predicted molar refractivity (Wildman–Crippen MR) is 306 cm³/mol. The number of nitrogens with zero attached hydrogens (tertiary/aromatic N) is 14. The molecule has 1 heterocycles. The first-order valence-electron chi connectivity index (χ1n) is 27.5. The molecule has 1 fully saturated rings. The van der Waals surface area contributed by atoms with E-state index in [-0.39, 0.29) is 117 Å². The normalized spacial score (nSPS) is 13.5. The van der Waals surface area contributed by atoms with Gasteiger partial charge >= 0.3 is 17.9 Å². The van der Waals surface area contributed by atoms with Crippen LogP contribution >= 0.6 is 0 Å². The molecule has 1 aliphatic rings. The Bertz CT molecular complexity index is 2380. The first-order chi connectivity index (χ1) is 40.0. The Morgan fingerprint density at radius 2 is 0.512 bits per heavy atom. The van der Waals surface area contributed by atoms with Crippen LogP contribution in [0.5, 0.6) is 0 Å². The predicted octanol–water partition coefficient (Wildman–Crippen LogP) is -7.92. The minimum Gasteiger partial charge on any atom is -0.480 e. The van der Waals surface area contributed by atoms with Gasteiger partial charge < -0.3 is 75.0 Å². The summed E-state index contributed by atoms with van der Waals surface area (Å²) in [6, 6.07) is -0.123. The number of hydrogen-bond acceptors (Lipinski definition) is 19. The number of carboxylic acids is 3. The highest BCUT2D eigenvalue weighted by molar-refractivity contribution is 5.94. The van der Waals surface area contributed by atoms with E-state index in [0.29, 0.717) is 0 Å². The molecular formula is C52H90N16O18. The second kappa shape index (κ2) is 38.0. The summed E-state index contributed by atoms with van der Waals surface area (Å²) in [5.74, 6) is -10.3. The number of amides is 12. The summed E-state index contributed by atoms with van der Waals surface area (Å²) in [6.07, 6.45) is -0.209. The molecule has 34 heteroatoms. The molecule has 12 amide bonds. The van der Waals surface area contributed by atoms with Crippen LogP contribution in [0.2, 0.25) is 0 Å². The number of carboxylic acid groups (broad SMARTS) is 3. The van der Waals surface area contributed by atoms with E-state index in [1.165, 1.54) is 75.4 Å². The first kappa shape index (κ1) is 75.9. The van der Waals surface area contributed by atoms with Gasteiger partial charge in [0.05, 0.1) is 91.6 Å². The molecule has 5 N–H and O–H groups in total. The third-order valence-electron chi connectivity index (χ3n) is 13.5. The van der Waals surface area contributed by atoms with Gasteiger partial charge in [0, 0.05) is 142 Å². The standard InChI is InChI=1S/C52H90N16O18/c1-37(2)54-39(70)23-55(3)41(72)26-57(5)43(74)28-59(7)45(76)30-61(9)47(78)32-63(11)49(80)33-64(12)48(79)31-62(10)46(77)29-60(8)44(75)27-58(6)42(73)25-56(4)40(71)13-14-53-38(69)24-65-15-17-66(34-50(81)82)19-21-68(36-52(85)86)22-20-67(18-16-65)35-51(83)84/h37H,13-36H2,1-12H3,(H,53,69)(H,54,70)(H,81,82)(H,83,84)(H,85,86). The summed E-state index contributed by atoms with van der Waals surface area (Å²) in [5, 5.41) is 33.6. The van der Waals surface area contributed by atoms with Gasteiger partial charge in [-0.1, -0.05) is 0 Å². The lowest BCUT2D eigenvalue weighted by Gasteiger charge is -2.32. The van der Waals surface area contributed by atoms with Crippen LogP contribution in [0.4, 0.5) is 0 Å². The summed E-state index contributed by atoms with van der Waals surface area (Å²) in [4.78, 5) is 206. The number of likely N-dealkylation sites (N-methyl/N-ethyl adjacent to an activating group) is 10. The molecular weight excluding hydrogens is 1140 g/mol. The second-order valence-corrected chi connectivity index (χ2v) is 21.6. The van der Waals surface area contributed by atoms with Crippen LogP contribution in [-0.4, -0.2) is 400 Å². The fraction of sp³-hybridized carbons (Fsp3) is 0.712. The van der Waals surface area contributed by atoms with E-state index in [9.17, 15) is 87.2 Å². The summed E-state index contributed by atoms with van der Waals surface area (Å²) in [7, 11) is 13.3. The maximum atomic E-state index is 13.1. The highest BCUT2D eigenvalue weighted by atomic mass is 16.4. The Morgan fingerprint density at radius 3 is 0.721 bits per heavy atom. The monoisotopic (exact) mass is 1230 g/mol. The van der Waals surface area contributed by atoms with E-state index < -0.39 is 135 Å². The van der Waals surface area contributed by atoms with E-state index in [1.807, 2.05) is 0 Å². The van der Waals surface area contributed by atoms with Crippen molar-refractivity contribution in [2.75, 3.05) is 221 Å². The Balaban J connectivity index is 2.62. The maximum Gasteiger partial charge on any atom is 0.317 e. The van der Waals surface area contributed by atoms with Crippen LogP contribution in [0, 0.1) is 0 Å². The number of rotatable bonds is 32. The van der Waals surface area contributed by atoms with E-state index >= 15 is 0 Å². The lowest BCUT2D eigenvalue weighted by atomic mass is 10.3. The van der Waals surface area contributed by atoms with Crippen LogP contribution in [0.25, 0.3) is 0 Å². The van der Waals surface area contributed by atoms with Gasteiger partial charge in [0.2, 0.25) is 70.9 Å². The van der Waals surface area contributed by atoms with Gasteiger partial charge in [-0.3, -0.25) is 91.5 Å². The molecule has 0 bridgehead atoms. The number of nitrogens with one attached hydrogen (secondary N) is 2. The van der Waals surface area contributed by atoms with E-state index in [0.717, 1.165) is 44.1 Å². The largest absolute Gasteiger partial charge is 0.480 e. The molecule has 0 aliphatic carbocycles. The molecule has 34 nitrogen and oxygen atoms in total. The molecule has 1 rings (SSSR count). The fourth-order valence-electron chi connectivity index (χ4n) is 7.92. The van der Waals surface area contributed by atoms with Gasteiger partial charge in [0.25, 0.3) is 0 Å². The van der Waals surface area contributed by atoms with Gasteiger partial charge in [-0.05, 0) is 13.8 Å². The molecule has 0 unspecified atom stereocenters. The van der Waals surface area contributed by atoms with Gasteiger partial charge in [0.15, 0.2) is 0 Å². The van der Waals surface area contributed by atoms with E-state index in [4.69, 9.17) is 0 Å². The third kappa shape index (κ3) is 30.6. The van der Waals surface area contributed by atoms with Gasteiger partial charge in [-0.2, -0.15) is 0 Å². The molecule has 1 saturated heterocycles. The van der Waals surface area contributed by atoms with Gasteiger partial charge in [-0.25, -0.2) is 0 Å².